The fraction of sp³-hybridized carbons (Fsp3) is 0.438. The average molecular weight is 386 g/mol. The molecule has 0 saturated carbocycles. The summed E-state index contributed by atoms with van der Waals surface area (Å²) >= 11 is 9.02. The molecule has 0 saturated heterocycles. The fourth-order valence-electron chi connectivity index (χ4n) is 1.87. The van der Waals surface area contributed by atoms with Gasteiger partial charge in [-0.25, -0.2) is 0 Å². The van der Waals surface area contributed by atoms with E-state index in [0.29, 0.717) is 22.3 Å². The predicted octanol–water partition coefficient (Wildman–Crippen LogP) is 4.80. The van der Waals surface area contributed by atoms with Gasteiger partial charge in [-0.05, 0) is 43.5 Å². The number of hydrogen-bond donors (Lipinski definition) is 1. The second-order valence-corrected chi connectivity index (χ2v) is 7.86. The van der Waals surface area contributed by atoms with Crippen LogP contribution in [0.2, 0.25) is 5.02 Å². The van der Waals surface area contributed by atoms with Gasteiger partial charge in [-0.1, -0.05) is 48.5 Å². The minimum absolute atomic E-state index is 0.228. The monoisotopic (exact) mass is 385 g/mol. The van der Waals surface area contributed by atoms with Gasteiger partial charge in [-0.15, -0.1) is 10.2 Å². The van der Waals surface area contributed by atoms with Gasteiger partial charge in [0.2, 0.25) is 5.13 Å². The van der Waals surface area contributed by atoms with Crippen LogP contribution in [0.25, 0.3) is 0 Å². The lowest BCUT2D eigenvalue weighted by Gasteiger charge is -2.16. The van der Waals surface area contributed by atoms with Crippen LogP contribution in [0.5, 0.6) is 5.75 Å². The number of aromatic nitrogens is 2. The van der Waals surface area contributed by atoms with Crippen LogP contribution in [0, 0.1) is 6.92 Å². The Morgan fingerprint density at radius 1 is 1.42 bits per heavy atom. The van der Waals surface area contributed by atoms with E-state index in [0.717, 1.165) is 22.1 Å². The van der Waals surface area contributed by atoms with Gasteiger partial charge in [-0.3, -0.25) is 10.1 Å². The molecule has 1 N–H and O–H groups in total. The first-order chi connectivity index (χ1) is 11.5. The molecule has 2 aromatic rings. The molecule has 1 amide bonds. The van der Waals surface area contributed by atoms with Crippen LogP contribution in [0.3, 0.4) is 0 Å². The molecule has 0 aliphatic carbocycles. The molecule has 0 spiro atoms. The number of aryl methyl sites for hydroxylation is 1. The van der Waals surface area contributed by atoms with Gasteiger partial charge in [0.15, 0.2) is 10.4 Å². The lowest BCUT2D eigenvalue weighted by atomic mass is 10.2. The van der Waals surface area contributed by atoms with Crippen molar-refractivity contribution >= 4 is 45.7 Å². The average Bonchev–Trinajstić information content (AvgIpc) is 3.01. The number of thioether (sulfide) groups is 1. The van der Waals surface area contributed by atoms with Crippen LogP contribution >= 0.6 is 34.7 Å². The number of benzene rings is 1. The molecule has 5 nitrogen and oxygen atoms in total. The first-order valence-corrected chi connectivity index (χ1v) is 9.91. The Bertz CT molecular complexity index is 694. The number of halogens is 1. The minimum Gasteiger partial charge on any atom is -0.481 e. The van der Waals surface area contributed by atoms with Gasteiger partial charge in [0.1, 0.15) is 5.75 Å². The molecule has 0 aliphatic heterocycles. The molecule has 1 aromatic heterocycles. The zero-order chi connectivity index (χ0) is 17.5. The van der Waals surface area contributed by atoms with Crippen molar-refractivity contribution in [2.75, 3.05) is 11.1 Å². The number of rotatable bonds is 8. The topological polar surface area (TPSA) is 64.1 Å². The molecular formula is C16H20ClN3O2S2. The van der Waals surface area contributed by atoms with Crippen molar-refractivity contribution in [3.05, 3.63) is 28.8 Å². The third-order valence-corrected chi connectivity index (χ3v) is 5.74. The highest BCUT2D eigenvalue weighted by molar-refractivity contribution is 8.01. The third kappa shape index (κ3) is 5.36. The Morgan fingerprint density at radius 2 is 2.21 bits per heavy atom. The van der Waals surface area contributed by atoms with Gasteiger partial charge >= 0.3 is 0 Å². The first-order valence-electron chi connectivity index (χ1n) is 7.73. The van der Waals surface area contributed by atoms with E-state index in [1.807, 2.05) is 19.9 Å². The summed E-state index contributed by atoms with van der Waals surface area (Å²) in [4.78, 5) is 12.4. The third-order valence-electron chi connectivity index (χ3n) is 3.14. The van der Waals surface area contributed by atoms with Gasteiger partial charge < -0.3 is 4.74 Å². The summed E-state index contributed by atoms with van der Waals surface area (Å²) in [6.45, 7) is 5.90. The molecule has 1 atom stereocenters. The van der Waals surface area contributed by atoms with E-state index in [-0.39, 0.29) is 5.91 Å². The lowest BCUT2D eigenvalue weighted by Crippen LogP contribution is -2.32. The number of hydrogen-bond acceptors (Lipinski definition) is 6. The standard InChI is InChI=1S/C16H20ClN3O2S2/c1-4-8-23-16-20-19-15(24-16)18-14(21)13(5-2)22-11-6-7-12(17)10(3)9-11/h6-7,9,13H,4-5,8H2,1-3H3,(H,18,19,21)/t13-/m1/s1. The van der Waals surface area contributed by atoms with E-state index in [1.165, 1.54) is 11.3 Å². The summed E-state index contributed by atoms with van der Waals surface area (Å²) in [5, 5.41) is 12.0. The predicted molar refractivity (Wildman–Crippen MR) is 100 cm³/mol. The first kappa shape index (κ1) is 19.0. The molecule has 0 bridgehead atoms. The largest absolute Gasteiger partial charge is 0.481 e. The number of nitrogens with zero attached hydrogens (tertiary/aromatic N) is 2. The van der Waals surface area contributed by atoms with Crippen LogP contribution in [-0.2, 0) is 4.79 Å². The minimum atomic E-state index is -0.596. The number of carbonyl (C=O) groups excluding carboxylic acids is 1. The van der Waals surface area contributed by atoms with E-state index in [1.54, 1.807) is 23.9 Å². The normalized spacial score (nSPS) is 12.0. The summed E-state index contributed by atoms with van der Waals surface area (Å²) in [5.41, 5.74) is 0.908. The van der Waals surface area contributed by atoms with Crippen LogP contribution in [0.4, 0.5) is 5.13 Å². The van der Waals surface area contributed by atoms with Gasteiger partial charge in [-0.2, -0.15) is 0 Å². The highest BCUT2D eigenvalue weighted by Crippen LogP contribution is 2.26. The van der Waals surface area contributed by atoms with E-state index in [4.69, 9.17) is 16.3 Å². The SMILES string of the molecule is CCCSc1nnc(NC(=O)[C@@H](CC)Oc2ccc(Cl)c(C)c2)s1. The molecule has 130 valence electrons. The zero-order valence-electron chi connectivity index (χ0n) is 13.8. The molecule has 24 heavy (non-hydrogen) atoms. The summed E-state index contributed by atoms with van der Waals surface area (Å²) in [6, 6.07) is 5.34. The maximum atomic E-state index is 12.4. The van der Waals surface area contributed by atoms with Gasteiger partial charge in [0, 0.05) is 10.8 Å². The second kappa shape index (κ2) is 9.25. The molecule has 1 heterocycles. The van der Waals surface area contributed by atoms with Crippen LogP contribution in [0.1, 0.15) is 32.3 Å². The number of nitrogens with one attached hydrogen (secondary N) is 1. The molecule has 8 heteroatoms. The molecule has 1 aromatic carbocycles. The van der Waals surface area contributed by atoms with Crippen LogP contribution in [-0.4, -0.2) is 28.0 Å². The Hall–Kier alpha value is -1.31. The fourth-order valence-corrected chi connectivity index (χ4v) is 3.67. The Morgan fingerprint density at radius 3 is 2.88 bits per heavy atom. The molecule has 0 fully saturated rings. The number of anilines is 1. The van der Waals surface area contributed by atoms with Crippen molar-refractivity contribution in [3.8, 4) is 5.75 Å². The molecule has 0 radical (unpaired) electrons. The van der Waals surface area contributed by atoms with Crippen molar-refractivity contribution in [2.24, 2.45) is 0 Å². The van der Waals surface area contributed by atoms with E-state index in [2.05, 4.69) is 22.4 Å². The quantitative estimate of drug-likeness (QED) is 0.522. The van der Waals surface area contributed by atoms with E-state index < -0.39 is 6.10 Å². The summed E-state index contributed by atoms with van der Waals surface area (Å²) in [6.07, 6.45) is 1.02. The van der Waals surface area contributed by atoms with Crippen molar-refractivity contribution in [1.82, 2.24) is 10.2 Å². The van der Waals surface area contributed by atoms with Crippen molar-refractivity contribution in [3.63, 3.8) is 0 Å². The van der Waals surface area contributed by atoms with Crippen molar-refractivity contribution in [2.45, 2.75) is 44.1 Å². The highest BCUT2D eigenvalue weighted by Gasteiger charge is 2.20. The van der Waals surface area contributed by atoms with Gasteiger partial charge in [0.05, 0.1) is 0 Å². The number of ether oxygens (including phenoxy) is 1. The van der Waals surface area contributed by atoms with E-state index >= 15 is 0 Å². The van der Waals surface area contributed by atoms with E-state index in [9.17, 15) is 4.79 Å². The number of amides is 1. The summed E-state index contributed by atoms with van der Waals surface area (Å²) < 4.78 is 6.64. The molecule has 0 aliphatic rings. The number of carbonyl (C=O) groups is 1. The van der Waals surface area contributed by atoms with Crippen molar-refractivity contribution < 1.29 is 9.53 Å². The van der Waals surface area contributed by atoms with Crippen LogP contribution < -0.4 is 10.1 Å². The highest BCUT2D eigenvalue weighted by atomic mass is 35.5. The molecular weight excluding hydrogens is 366 g/mol. The van der Waals surface area contributed by atoms with Gasteiger partial charge in [0.25, 0.3) is 5.91 Å². The second-order valence-electron chi connectivity index (χ2n) is 5.14. The maximum absolute atomic E-state index is 12.4. The van der Waals surface area contributed by atoms with Crippen LogP contribution in [0.15, 0.2) is 22.5 Å². The van der Waals surface area contributed by atoms with Crippen molar-refractivity contribution in [1.29, 1.82) is 0 Å². The molecule has 0 unspecified atom stereocenters. The molecule has 2 rings (SSSR count). The lowest BCUT2D eigenvalue weighted by molar-refractivity contribution is -0.122. The Labute approximate surface area is 155 Å². The smallest absolute Gasteiger partial charge is 0.267 e. The maximum Gasteiger partial charge on any atom is 0.267 e. The Balaban J connectivity index is 1.97. The summed E-state index contributed by atoms with van der Waals surface area (Å²) in [7, 11) is 0. The zero-order valence-corrected chi connectivity index (χ0v) is 16.2. The Kier molecular flexibility index (Phi) is 7.33. The summed E-state index contributed by atoms with van der Waals surface area (Å²) in [5.74, 6) is 1.38.